The third kappa shape index (κ3) is 2.51. The highest BCUT2D eigenvalue weighted by atomic mass is 16.5. The van der Waals surface area contributed by atoms with Crippen molar-refractivity contribution in [3.63, 3.8) is 0 Å². The summed E-state index contributed by atoms with van der Waals surface area (Å²) in [7, 11) is 0. The minimum atomic E-state index is 0.196. The van der Waals surface area contributed by atoms with Crippen LogP contribution in [0.5, 0.6) is 11.5 Å². The van der Waals surface area contributed by atoms with Crippen molar-refractivity contribution in [2.75, 3.05) is 6.61 Å². The highest BCUT2D eigenvalue weighted by Gasteiger charge is 2.01. The zero-order chi connectivity index (χ0) is 9.68. The molecule has 0 aliphatic carbocycles. The average molecular weight is 178 g/mol. The van der Waals surface area contributed by atoms with Crippen LogP contribution in [0, 0.1) is 0 Å². The van der Waals surface area contributed by atoms with E-state index in [1.54, 1.807) is 18.2 Å². The largest absolute Gasteiger partial charge is 0.504 e. The van der Waals surface area contributed by atoms with Crippen molar-refractivity contribution in [3.8, 4) is 11.5 Å². The van der Waals surface area contributed by atoms with Crippen LogP contribution >= 0.6 is 0 Å². The average Bonchev–Trinajstić information content (AvgIpc) is 2.10. The number of hydrogen-bond donors (Lipinski definition) is 1. The van der Waals surface area contributed by atoms with Gasteiger partial charge in [0.1, 0.15) is 0 Å². The molecule has 0 saturated heterocycles. The van der Waals surface area contributed by atoms with Crippen LogP contribution in [0.15, 0.2) is 30.9 Å². The monoisotopic (exact) mass is 178 g/mol. The van der Waals surface area contributed by atoms with E-state index in [-0.39, 0.29) is 5.75 Å². The maximum absolute atomic E-state index is 9.49. The highest BCUT2D eigenvalue weighted by Crippen LogP contribution is 2.26. The van der Waals surface area contributed by atoms with Crippen LogP contribution in [0.3, 0.4) is 0 Å². The molecule has 2 heteroatoms. The molecule has 1 N–H and O–H groups in total. The molecule has 70 valence electrons. The van der Waals surface area contributed by atoms with Gasteiger partial charge in [0.2, 0.25) is 0 Å². The molecular formula is C11H14O2. The smallest absolute Gasteiger partial charge is 0.160 e. The number of aromatic hydroxyl groups is 1. The highest BCUT2D eigenvalue weighted by molar-refractivity contribution is 5.42. The first kappa shape index (κ1) is 9.65. The molecule has 1 aromatic rings. The summed E-state index contributed by atoms with van der Waals surface area (Å²) in [4.78, 5) is 0. The molecule has 1 rings (SSSR count). The van der Waals surface area contributed by atoms with E-state index in [2.05, 4.69) is 6.58 Å². The molecule has 0 aliphatic heterocycles. The first-order chi connectivity index (χ1) is 6.27. The van der Waals surface area contributed by atoms with Gasteiger partial charge in [0, 0.05) is 0 Å². The number of allylic oxidation sites excluding steroid dienone is 1. The van der Waals surface area contributed by atoms with Crippen LogP contribution in [0.2, 0.25) is 0 Å². The maximum atomic E-state index is 9.49. The first-order valence-corrected chi connectivity index (χ1v) is 4.33. The van der Waals surface area contributed by atoms with E-state index in [1.807, 2.05) is 13.0 Å². The minimum Gasteiger partial charge on any atom is -0.504 e. The van der Waals surface area contributed by atoms with Gasteiger partial charge in [0.25, 0.3) is 0 Å². The van der Waals surface area contributed by atoms with Crippen molar-refractivity contribution in [1.29, 1.82) is 0 Å². The van der Waals surface area contributed by atoms with Crippen molar-refractivity contribution in [1.82, 2.24) is 0 Å². The SMILES string of the molecule is C=CCc1ccc(OCC)c(O)c1. The van der Waals surface area contributed by atoms with E-state index in [1.165, 1.54) is 0 Å². The Hall–Kier alpha value is -1.44. The first-order valence-electron chi connectivity index (χ1n) is 4.33. The lowest BCUT2D eigenvalue weighted by Gasteiger charge is -2.06. The quantitative estimate of drug-likeness (QED) is 0.718. The fourth-order valence-electron chi connectivity index (χ4n) is 1.13. The third-order valence-corrected chi connectivity index (χ3v) is 1.70. The summed E-state index contributed by atoms with van der Waals surface area (Å²) in [5, 5.41) is 9.49. The molecule has 0 aromatic heterocycles. The number of phenols is 1. The van der Waals surface area contributed by atoms with Crippen molar-refractivity contribution < 1.29 is 9.84 Å². The van der Waals surface area contributed by atoms with Crippen LogP contribution < -0.4 is 4.74 Å². The fourth-order valence-corrected chi connectivity index (χ4v) is 1.13. The van der Waals surface area contributed by atoms with Crippen molar-refractivity contribution in [3.05, 3.63) is 36.4 Å². The van der Waals surface area contributed by atoms with Gasteiger partial charge in [-0.2, -0.15) is 0 Å². The van der Waals surface area contributed by atoms with E-state index in [0.29, 0.717) is 12.4 Å². The predicted molar refractivity (Wildman–Crippen MR) is 53.2 cm³/mol. The van der Waals surface area contributed by atoms with Crippen LogP contribution in [0.4, 0.5) is 0 Å². The third-order valence-electron chi connectivity index (χ3n) is 1.70. The lowest BCUT2D eigenvalue weighted by atomic mass is 10.1. The Bertz CT molecular complexity index is 292. The second-order valence-corrected chi connectivity index (χ2v) is 2.73. The Balaban J connectivity index is 2.84. The summed E-state index contributed by atoms with van der Waals surface area (Å²) in [6.45, 7) is 6.08. The van der Waals surface area contributed by atoms with Gasteiger partial charge in [-0.15, -0.1) is 6.58 Å². The molecule has 0 amide bonds. The Labute approximate surface area is 78.5 Å². The van der Waals surface area contributed by atoms with Crippen LogP contribution in [0.1, 0.15) is 12.5 Å². The Morgan fingerprint density at radius 1 is 1.54 bits per heavy atom. The number of rotatable bonds is 4. The molecule has 0 fully saturated rings. The number of ether oxygens (including phenoxy) is 1. The molecule has 0 saturated carbocycles. The Morgan fingerprint density at radius 2 is 2.31 bits per heavy atom. The summed E-state index contributed by atoms with van der Waals surface area (Å²) in [5.74, 6) is 0.733. The van der Waals surface area contributed by atoms with Gasteiger partial charge >= 0.3 is 0 Å². The molecular weight excluding hydrogens is 164 g/mol. The molecule has 0 heterocycles. The Morgan fingerprint density at radius 3 is 2.85 bits per heavy atom. The maximum Gasteiger partial charge on any atom is 0.160 e. The van der Waals surface area contributed by atoms with Crippen LogP contribution in [0.25, 0.3) is 0 Å². The van der Waals surface area contributed by atoms with Gasteiger partial charge in [-0.3, -0.25) is 0 Å². The summed E-state index contributed by atoms with van der Waals surface area (Å²) in [6.07, 6.45) is 2.56. The molecule has 13 heavy (non-hydrogen) atoms. The Kier molecular flexibility index (Phi) is 3.38. The van der Waals surface area contributed by atoms with Gasteiger partial charge in [0.15, 0.2) is 11.5 Å². The molecule has 0 radical (unpaired) electrons. The summed E-state index contributed by atoms with van der Waals surface area (Å²) in [6, 6.07) is 5.40. The molecule has 0 unspecified atom stereocenters. The van der Waals surface area contributed by atoms with Crippen molar-refractivity contribution in [2.45, 2.75) is 13.3 Å². The molecule has 0 atom stereocenters. The standard InChI is InChI=1S/C11H14O2/c1-3-5-9-6-7-11(13-4-2)10(12)8-9/h3,6-8,12H,1,4-5H2,2H3. The van der Waals surface area contributed by atoms with Gasteiger partial charge in [-0.25, -0.2) is 0 Å². The molecule has 2 nitrogen and oxygen atoms in total. The van der Waals surface area contributed by atoms with Crippen LogP contribution in [-0.2, 0) is 6.42 Å². The van der Waals surface area contributed by atoms with Crippen molar-refractivity contribution >= 4 is 0 Å². The van der Waals surface area contributed by atoms with E-state index in [0.717, 1.165) is 12.0 Å². The van der Waals surface area contributed by atoms with E-state index in [9.17, 15) is 5.11 Å². The van der Waals surface area contributed by atoms with Crippen LogP contribution in [-0.4, -0.2) is 11.7 Å². The number of hydrogen-bond acceptors (Lipinski definition) is 2. The van der Waals surface area contributed by atoms with Gasteiger partial charge in [-0.05, 0) is 31.0 Å². The number of phenolic OH excluding ortho intramolecular Hbond substituents is 1. The fraction of sp³-hybridized carbons (Fsp3) is 0.273. The topological polar surface area (TPSA) is 29.5 Å². The number of benzene rings is 1. The molecule has 0 aliphatic rings. The lowest BCUT2D eigenvalue weighted by molar-refractivity contribution is 0.318. The van der Waals surface area contributed by atoms with Gasteiger partial charge < -0.3 is 9.84 Å². The van der Waals surface area contributed by atoms with Gasteiger partial charge in [-0.1, -0.05) is 12.1 Å². The van der Waals surface area contributed by atoms with E-state index >= 15 is 0 Å². The second kappa shape index (κ2) is 4.55. The van der Waals surface area contributed by atoms with E-state index < -0.39 is 0 Å². The zero-order valence-electron chi connectivity index (χ0n) is 7.79. The van der Waals surface area contributed by atoms with Gasteiger partial charge in [0.05, 0.1) is 6.61 Å². The molecule has 1 aromatic carbocycles. The normalized spacial score (nSPS) is 9.62. The molecule has 0 bridgehead atoms. The van der Waals surface area contributed by atoms with E-state index in [4.69, 9.17) is 4.74 Å². The summed E-state index contributed by atoms with van der Waals surface area (Å²) in [5.41, 5.74) is 1.04. The zero-order valence-corrected chi connectivity index (χ0v) is 7.79. The summed E-state index contributed by atoms with van der Waals surface area (Å²) < 4.78 is 5.19. The molecule has 0 spiro atoms. The predicted octanol–water partition coefficient (Wildman–Crippen LogP) is 2.52. The summed E-state index contributed by atoms with van der Waals surface area (Å²) >= 11 is 0. The van der Waals surface area contributed by atoms with Crippen molar-refractivity contribution in [2.24, 2.45) is 0 Å². The minimum absolute atomic E-state index is 0.196. The second-order valence-electron chi connectivity index (χ2n) is 2.73. The lowest BCUT2D eigenvalue weighted by Crippen LogP contribution is -1.92.